The number of benzene rings is 2. The van der Waals surface area contributed by atoms with Crippen LogP contribution in [0.1, 0.15) is 37.5 Å². The van der Waals surface area contributed by atoms with Crippen LogP contribution in [0.2, 0.25) is 0 Å². The first kappa shape index (κ1) is 21.1. The minimum atomic E-state index is -0.00893. The van der Waals surface area contributed by atoms with E-state index in [1.54, 1.807) is 12.1 Å². The second-order valence-electron chi connectivity index (χ2n) is 6.21. The van der Waals surface area contributed by atoms with Crippen molar-refractivity contribution in [2.24, 2.45) is 0 Å². The van der Waals surface area contributed by atoms with Crippen molar-refractivity contribution in [3.63, 3.8) is 0 Å². The maximum absolute atomic E-state index is 9.38. The van der Waals surface area contributed by atoms with Gasteiger partial charge in [0, 0.05) is 38.3 Å². The van der Waals surface area contributed by atoms with Gasteiger partial charge < -0.3 is 9.26 Å². The van der Waals surface area contributed by atoms with Gasteiger partial charge in [-0.3, -0.25) is 0 Å². The Bertz CT molecular complexity index is 974. The smallest absolute Gasteiger partial charge is 0.258 e. The molecule has 135 valence electrons. The minimum Gasteiger partial charge on any atom is -0.490 e. The molecule has 1 radical (unpaired) electrons. The van der Waals surface area contributed by atoms with Gasteiger partial charge in [0.25, 0.3) is 5.89 Å². The molecule has 0 aliphatic carbocycles. The molecule has 6 heteroatoms. The number of nitrogens with zero attached hydrogens (tertiary/aromatic N) is 3. The maximum Gasteiger partial charge on any atom is 0.258 e. The first-order valence-electron chi connectivity index (χ1n) is 8.52. The van der Waals surface area contributed by atoms with E-state index in [9.17, 15) is 5.26 Å². The number of rotatable bonds is 5. The zero-order valence-corrected chi connectivity index (χ0v) is 18.5. The molecule has 0 N–H and O–H groups in total. The average Bonchev–Trinajstić information content (AvgIpc) is 3.11. The van der Waals surface area contributed by atoms with Gasteiger partial charge >= 0.3 is 0 Å². The molecule has 0 unspecified atom stereocenters. The standard InChI is InChI=1S/C21H20N3O2.Y/c1-5-17-14(4)7-6-8-18(17)20-23-21(26-24-20)15-9-10-19(25-13(2)3)16(11-15)12-22;/h6-11,13H,4-5H2,1-3H3;/q-1;. The summed E-state index contributed by atoms with van der Waals surface area (Å²) in [6, 6.07) is 13.3. The van der Waals surface area contributed by atoms with E-state index < -0.39 is 0 Å². The van der Waals surface area contributed by atoms with Crippen LogP contribution in [0.25, 0.3) is 22.8 Å². The van der Waals surface area contributed by atoms with E-state index in [1.807, 2.05) is 38.1 Å². The summed E-state index contributed by atoms with van der Waals surface area (Å²) in [5, 5.41) is 13.5. The first-order valence-corrected chi connectivity index (χ1v) is 8.52. The van der Waals surface area contributed by atoms with Crippen LogP contribution in [0.4, 0.5) is 0 Å². The van der Waals surface area contributed by atoms with Crippen molar-refractivity contribution in [1.29, 1.82) is 5.26 Å². The Hall–Kier alpha value is -2.16. The summed E-state index contributed by atoms with van der Waals surface area (Å²) >= 11 is 0. The third kappa shape index (κ3) is 4.58. The topological polar surface area (TPSA) is 71.9 Å². The third-order valence-electron chi connectivity index (χ3n) is 4.00. The van der Waals surface area contributed by atoms with Gasteiger partial charge in [-0.1, -0.05) is 24.6 Å². The number of ether oxygens (including phenoxy) is 1. The molecule has 0 spiro atoms. The summed E-state index contributed by atoms with van der Waals surface area (Å²) in [5.74, 6) is 1.43. The van der Waals surface area contributed by atoms with E-state index in [1.165, 1.54) is 0 Å². The molecule has 3 rings (SSSR count). The van der Waals surface area contributed by atoms with Crippen LogP contribution < -0.4 is 4.74 Å². The maximum atomic E-state index is 9.38. The van der Waals surface area contributed by atoms with E-state index in [4.69, 9.17) is 9.26 Å². The monoisotopic (exact) mass is 435 g/mol. The van der Waals surface area contributed by atoms with E-state index >= 15 is 0 Å². The summed E-state index contributed by atoms with van der Waals surface area (Å²) < 4.78 is 11.1. The molecule has 1 heterocycles. The largest absolute Gasteiger partial charge is 0.490 e. The van der Waals surface area contributed by atoms with Gasteiger partial charge in [-0.05, 0) is 37.6 Å². The zero-order chi connectivity index (χ0) is 18.7. The first-order chi connectivity index (χ1) is 12.5. The quantitative estimate of drug-likeness (QED) is 0.538. The Kier molecular flexibility index (Phi) is 7.18. The molecule has 1 aromatic heterocycles. The molecule has 0 aliphatic rings. The normalized spacial score (nSPS) is 10.3. The van der Waals surface area contributed by atoms with Crippen molar-refractivity contribution in [2.75, 3.05) is 0 Å². The average molecular weight is 435 g/mol. The summed E-state index contributed by atoms with van der Waals surface area (Å²) in [4.78, 5) is 4.51. The molecule has 2 aromatic carbocycles. The van der Waals surface area contributed by atoms with E-state index in [-0.39, 0.29) is 38.8 Å². The fourth-order valence-electron chi connectivity index (χ4n) is 2.82. The van der Waals surface area contributed by atoms with Crippen molar-refractivity contribution in [1.82, 2.24) is 10.1 Å². The molecule has 27 heavy (non-hydrogen) atoms. The molecule has 0 amide bonds. The molecule has 0 bridgehead atoms. The van der Waals surface area contributed by atoms with Crippen LogP contribution in [0.3, 0.4) is 0 Å². The molecule has 0 fully saturated rings. The predicted molar refractivity (Wildman–Crippen MR) is 99.5 cm³/mol. The molecule has 5 nitrogen and oxygen atoms in total. The van der Waals surface area contributed by atoms with Gasteiger partial charge in [-0.15, -0.1) is 11.6 Å². The van der Waals surface area contributed by atoms with Gasteiger partial charge in [0.15, 0.2) is 5.82 Å². The Morgan fingerprint density at radius 3 is 2.70 bits per heavy atom. The van der Waals surface area contributed by atoms with Crippen LogP contribution in [0, 0.1) is 18.3 Å². The van der Waals surface area contributed by atoms with Crippen molar-refractivity contribution >= 4 is 0 Å². The third-order valence-corrected chi connectivity index (χ3v) is 4.00. The predicted octanol–water partition coefficient (Wildman–Crippen LogP) is 4.80. The van der Waals surface area contributed by atoms with Gasteiger partial charge in [0.05, 0.1) is 11.7 Å². The van der Waals surface area contributed by atoms with Crippen molar-refractivity contribution in [3.05, 3.63) is 60.0 Å². The fraction of sp³-hybridized carbons (Fsp3) is 0.238. The molecule has 0 saturated heterocycles. The molecule has 0 saturated carbocycles. The Balaban J connectivity index is 0.00000261. The van der Waals surface area contributed by atoms with E-state index in [0.29, 0.717) is 28.6 Å². The number of hydrogen-bond acceptors (Lipinski definition) is 5. The number of aromatic nitrogens is 2. The van der Waals surface area contributed by atoms with Crippen molar-refractivity contribution in [2.45, 2.75) is 33.3 Å². The second kappa shape index (κ2) is 9.17. The Labute approximate surface area is 184 Å². The fourth-order valence-corrected chi connectivity index (χ4v) is 2.82. The van der Waals surface area contributed by atoms with Gasteiger partial charge in [-0.25, -0.2) is 0 Å². The zero-order valence-electron chi connectivity index (χ0n) is 15.7. The van der Waals surface area contributed by atoms with Crippen LogP contribution in [-0.2, 0) is 39.1 Å². The second-order valence-corrected chi connectivity index (χ2v) is 6.21. The number of nitriles is 1. The molecule has 0 atom stereocenters. The number of hydrogen-bond donors (Lipinski definition) is 0. The van der Waals surface area contributed by atoms with Crippen molar-refractivity contribution in [3.8, 4) is 34.7 Å². The summed E-state index contributed by atoms with van der Waals surface area (Å²) in [7, 11) is 0. The summed E-state index contributed by atoms with van der Waals surface area (Å²) in [6.07, 6.45) is 0.823. The van der Waals surface area contributed by atoms with E-state index in [0.717, 1.165) is 23.1 Å². The van der Waals surface area contributed by atoms with Crippen LogP contribution in [-0.4, -0.2) is 16.2 Å². The van der Waals surface area contributed by atoms with Crippen molar-refractivity contribution < 1.29 is 42.0 Å². The van der Waals surface area contributed by atoms with E-state index in [2.05, 4.69) is 30.1 Å². The Morgan fingerprint density at radius 1 is 1.26 bits per heavy atom. The molecule has 0 aliphatic heterocycles. The minimum absolute atomic E-state index is 0. The SMILES string of the molecule is [CH2-]c1cccc(-c2noc(-c3ccc(OC(C)C)c(C#N)c3)n2)c1CC.[Y]. The molecular formula is C21H20N3O2Y-. The summed E-state index contributed by atoms with van der Waals surface area (Å²) in [5.41, 5.74) is 4.08. The van der Waals surface area contributed by atoms with Gasteiger partial charge in [0.2, 0.25) is 0 Å². The molecular weight excluding hydrogens is 415 g/mol. The van der Waals surface area contributed by atoms with Crippen LogP contribution in [0.15, 0.2) is 40.9 Å². The van der Waals surface area contributed by atoms with Gasteiger partial charge in [-0.2, -0.15) is 28.8 Å². The molecule has 3 aromatic rings. The Morgan fingerprint density at radius 2 is 2.04 bits per heavy atom. The van der Waals surface area contributed by atoms with Gasteiger partial charge in [0.1, 0.15) is 11.8 Å². The van der Waals surface area contributed by atoms with Crippen LogP contribution in [0.5, 0.6) is 5.75 Å². The summed E-state index contributed by atoms with van der Waals surface area (Å²) in [6.45, 7) is 9.97. The van der Waals surface area contributed by atoms with Crippen LogP contribution >= 0.6 is 0 Å².